The Morgan fingerprint density at radius 2 is 1.75 bits per heavy atom. The van der Waals surface area contributed by atoms with E-state index in [4.69, 9.17) is 9.66 Å². The highest BCUT2D eigenvalue weighted by Gasteiger charge is 2.25. The molecule has 0 radical (unpaired) electrons. The van der Waals surface area contributed by atoms with Crippen molar-refractivity contribution in [3.05, 3.63) is 0 Å². The molecular formula is C10H18N2O7S. The molecule has 0 aliphatic carbocycles. The number of rotatable bonds is 8. The smallest absolute Gasteiger partial charge is 0.326 e. The highest BCUT2D eigenvalue weighted by molar-refractivity contribution is 7.85. The summed E-state index contributed by atoms with van der Waals surface area (Å²) in [4.78, 5) is 33.6. The van der Waals surface area contributed by atoms with Crippen LogP contribution < -0.4 is 10.6 Å². The quantitative estimate of drug-likeness (QED) is 0.409. The lowest BCUT2D eigenvalue weighted by molar-refractivity contribution is -0.142. The van der Waals surface area contributed by atoms with E-state index < -0.39 is 46.3 Å². The van der Waals surface area contributed by atoms with Crippen LogP contribution in [-0.2, 0) is 24.5 Å². The molecule has 9 nitrogen and oxygen atoms in total. The number of hydrogen-bond donors (Lipinski definition) is 4. The molecule has 0 aromatic carbocycles. The zero-order valence-electron chi connectivity index (χ0n) is 11.1. The second kappa shape index (κ2) is 7.80. The molecule has 116 valence electrons. The van der Waals surface area contributed by atoms with Gasteiger partial charge in [0.05, 0.1) is 5.75 Å². The minimum absolute atomic E-state index is 0.169. The standard InChI is InChI=1S/C10H18N2O7S/c1-3-8(13)11-6(2)9(14)12-7(10(15)16)4-5-20(17,18)19/h6-7H,3-5H2,1-2H3,(H,11,13)(H,12,14)(H,15,16)(H,17,18,19)/t6-,7-/m0/s1. The minimum Gasteiger partial charge on any atom is -0.480 e. The normalized spacial score (nSPS) is 14.2. The Kier molecular flexibility index (Phi) is 7.14. The molecule has 10 heteroatoms. The average molecular weight is 310 g/mol. The Balaban J connectivity index is 4.55. The van der Waals surface area contributed by atoms with Crippen LogP contribution in [0.5, 0.6) is 0 Å². The monoisotopic (exact) mass is 310 g/mol. The van der Waals surface area contributed by atoms with E-state index in [0.29, 0.717) is 0 Å². The van der Waals surface area contributed by atoms with Crippen molar-refractivity contribution in [3.63, 3.8) is 0 Å². The fourth-order valence-corrected chi connectivity index (χ4v) is 1.76. The number of aliphatic carboxylic acids is 1. The van der Waals surface area contributed by atoms with Crippen molar-refractivity contribution in [2.24, 2.45) is 0 Å². The van der Waals surface area contributed by atoms with Gasteiger partial charge < -0.3 is 15.7 Å². The van der Waals surface area contributed by atoms with Gasteiger partial charge in [0.1, 0.15) is 12.1 Å². The molecule has 0 saturated carbocycles. The zero-order chi connectivity index (χ0) is 15.9. The first-order valence-electron chi connectivity index (χ1n) is 5.84. The molecule has 2 atom stereocenters. The van der Waals surface area contributed by atoms with Gasteiger partial charge in [-0.15, -0.1) is 0 Å². The first kappa shape index (κ1) is 18.3. The van der Waals surface area contributed by atoms with Crippen LogP contribution in [0.3, 0.4) is 0 Å². The van der Waals surface area contributed by atoms with Gasteiger partial charge >= 0.3 is 5.97 Å². The lowest BCUT2D eigenvalue weighted by Crippen LogP contribution is -2.50. The van der Waals surface area contributed by atoms with E-state index >= 15 is 0 Å². The topological polar surface area (TPSA) is 150 Å². The van der Waals surface area contributed by atoms with Crippen LogP contribution in [-0.4, -0.2) is 53.7 Å². The summed E-state index contributed by atoms with van der Waals surface area (Å²) in [5.41, 5.74) is 0. The average Bonchev–Trinajstić information content (AvgIpc) is 2.32. The molecule has 0 rings (SSSR count). The third kappa shape index (κ3) is 7.69. The predicted molar refractivity (Wildman–Crippen MR) is 68.5 cm³/mol. The van der Waals surface area contributed by atoms with Gasteiger partial charge in [-0.05, 0) is 13.3 Å². The SMILES string of the molecule is CCC(=O)N[C@@H](C)C(=O)N[C@@H](CCS(=O)(=O)O)C(=O)O. The highest BCUT2D eigenvalue weighted by atomic mass is 32.2. The Labute approximate surface area is 116 Å². The van der Waals surface area contributed by atoms with Crippen molar-refractivity contribution >= 4 is 27.9 Å². The van der Waals surface area contributed by atoms with E-state index in [-0.39, 0.29) is 12.3 Å². The van der Waals surface area contributed by atoms with E-state index in [0.717, 1.165) is 0 Å². The van der Waals surface area contributed by atoms with Crippen molar-refractivity contribution in [2.75, 3.05) is 5.75 Å². The molecule has 0 unspecified atom stereocenters. The van der Waals surface area contributed by atoms with Crippen LogP contribution in [0.2, 0.25) is 0 Å². The second-order valence-electron chi connectivity index (χ2n) is 4.12. The fourth-order valence-electron chi connectivity index (χ4n) is 1.23. The maximum Gasteiger partial charge on any atom is 0.326 e. The largest absolute Gasteiger partial charge is 0.480 e. The molecule has 0 saturated heterocycles. The number of carbonyl (C=O) groups excluding carboxylic acids is 2. The molecule has 0 aliphatic rings. The Bertz CT molecular complexity index is 474. The summed E-state index contributed by atoms with van der Waals surface area (Å²) in [5.74, 6) is -3.36. The van der Waals surface area contributed by atoms with Gasteiger partial charge in [0.15, 0.2) is 0 Å². The van der Waals surface area contributed by atoms with E-state index in [2.05, 4.69) is 10.6 Å². The number of carboxylic acid groups (broad SMARTS) is 1. The van der Waals surface area contributed by atoms with E-state index in [1.165, 1.54) is 6.92 Å². The summed E-state index contributed by atoms with van der Waals surface area (Å²) in [6, 6.07) is -2.42. The maximum absolute atomic E-state index is 11.6. The van der Waals surface area contributed by atoms with Crippen molar-refractivity contribution in [2.45, 2.75) is 38.8 Å². The fraction of sp³-hybridized carbons (Fsp3) is 0.700. The summed E-state index contributed by atoms with van der Waals surface area (Å²) < 4.78 is 29.7. The molecule has 4 N–H and O–H groups in total. The van der Waals surface area contributed by atoms with Gasteiger partial charge in [0.25, 0.3) is 10.1 Å². The molecule has 0 fully saturated rings. The van der Waals surface area contributed by atoms with Crippen LogP contribution >= 0.6 is 0 Å². The lowest BCUT2D eigenvalue weighted by Gasteiger charge is -2.18. The first-order chi connectivity index (χ1) is 9.06. The van der Waals surface area contributed by atoms with Crippen LogP contribution in [0.4, 0.5) is 0 Å². The third-order valence-corrected chi connectivity index (χ3v) is 3.12. The molecule has 0 heterocycles. The molecule has 0 aromatic heterocycles. The summed E-state index contributed by atoms with van der Waals surface area (Å²) >= 11 is 0. The van der Waals surface area contributed by atoms with Crippen LogP contribution in [0, 0.1) is 0 Å². The van der Waals surface area contributed by atoms with Gasteiger partial charge in [-0.3, -0.25) is 14.1 Å². The first-order valence-corrected chi connectivity index (χ1v) is 7.45. The number of carboxylic acids is 1. The lowest BCUT2D eigenvalue weighted by atomic mass is 10.2. The van der Waals surface area contributed by atoms with Crippen molar-refractivity contribution < 1.29 is 32.5 Å². The number of amides is 2. The van der Waals surface area contributed by atoms with Gasteiger partial charge in [0, 0.05) is 6.42 Å². The number of nitrogens with one attached hydrogen (secondary N) is 2. The number of hydrogen-bond acceptors (Lipinski definition) is 5. The van der Waals surface area contributed by atoms with Gasteiger partial charge in [0.2, 0.25) is 11.8 Å². The Hall–Kier alpha value is -1.68. The summed E-state index contributed by atoms with van der Waals surface area (Å²) in [7, 11) is -4.32. The molecule has 0 spiro atoms. The Morgan fingerprint density at radius 1 is 1.20 bits per heavy atom. The maximum atomic E-state index is 11.6. The van der Waals surface area contributed by atoms with E-state index in [1.54, 1.807) is 6.92 Å². The van der Waals surface area contributed by atoms with E-state index in [1.807, 2.05) is 0 Å². The second-order valence-corrected chi connectivity index (χ2v) is 5.69. The predicted octanol–water partition coefficient (Wildman–Crippen LogP) is -1.25. The van der Waals surface area contributed by atoms with Crippen LogP contribution in [0.1, 0.15) is 26.7 Å². The minimum atomic E-state index is -4.32. The van der Waals surface area contributed by atoms with Crippen molar-refractivity contribution in [3.8, 4) is 0 Å². The highest BCUT2D eigenvalue weighted by Crippen LogP contribution is 1.98. The molecular weight excluding hydrogens is 292 g/mol. The van der Waals surface area contributed by atoms with Gasteiger partial charge in [-0.2, -0.15) is 8.42 Å². The summed E-state index contributed by atoms with van der Waals surface area (Å²) in [6.45, 7) is 2.96. The molecule has 2 amide bonds. The molecule has 0 aliphatic heterocycles. The van der Waals surface area contributed by atoms with E-state index in [9.17, 15) is 22.8 Å². The molecule has 0 aromatic rings. The van der Waals surface area contributed by atoms with Crippen LogP contribution in [0.25, 0.3) is 0 Å². The zero-order valence-corrected chi connectivity index (χ0v) is 11.9. The third-order valence-electron chi connectivity index (χ3n) is 2.37. The molecule has 20 heavy (non-hydrogen) atoms. The van der Waals surface area contributed by atoms with Crippen molar-refractivity contribution in [1.82, 2.24) is 10.6 Å². The van der Waals surface area contributed by atoms with Crippen molar-refractivity contribution in [1.29, 1.82) is 0 Å². The Morgan fingerprint density at radius 3 is 2.15 bits per heavy atom. The van der Waals surface area contributed by atoms with Gasteiger partial charge in [-0.1, -0.05) is 6.92 Å². The number of carbonyl (C=O) groups is 3. The van der Waals surface area contributed by atoms with Gasteiger partial charge in [-0.25, -0.2) is 4.79 Å². The molecule has 0 bridgehead atoms. The summed E-state index contributed by atoms with van der Waals surface area (Å²) in [6.07, 6.45) is -0.308. The van der Waals surface area contributed by atoms with Crippen LogP contribution in [0.15, 0.2) is 0 Å². The summed E-state index contributed by atoms with van der Waals surface area (Å²) in [5, 5.41) is 13.3.